The fourth-order valence-electron chi connectivity index (χ4n) is 1.68. The van der Waals surface area contributed by atoms with Crippen LogP contribution in [-0.4, -0.2) is 74.6 Å². The van der Waals surface area contributed by atoms with E-state index in [1.165, 1.54) is 0 Å². The Kier molecular flexibility index (Phi) is 12.3. The number of methoxy groups -OCH3 is 1. The van der Waals surface area contributed by atoms with Crippen LogP contribution in [0.25, 0.3) is 0 Å². The average molecular weight is 369 g/mol. The molecular weight excluding hydrogens is 342 g/mol. The van der Waals surface area contributed by atoms with Crippen molar-refractivity contribution in [3.8, 4) is 11.5 Å². The van der Waals surface area contributed by atoms with Gasteiger partial charge in [-0.25, -0.2) is 9.59 Å². The third kappa shape index (κ3) is 11.1. The van der Waals surface area contributed by atoms with Crippen LogP contribution in [0.5, 0.6) is 11.5 Å². The Bertz CT molecular complexity index is 561. The molecule has 1 aromatic carbocycles. The van der Waals surface area contributed by atoms with Crippen molar-refractivity contribution >= 4 is 11.9 Å². The molecule has 0 bridgehead atoms. The SMILES string of the molecule is C=CCc1ccc(OCCOCCN(C)C)c(OC)c1.O=C(O)C(=O)O. The highest BCUT2D eigenvalue weighted by atomic mass is 16.5. The van der Waals surface area contributed by atoms with Crippen molar-refractivity contribution in [1.82, 2.24) is 4.90 Å². The largest absolute Gasteiger partial charge is 0.493 e. The van der Waals surface area contributed by atoms with Gasteiger partial charge in [0.05, 0.1) is 20.3 Å². The first-order valence-corrected chi connectivity index (χ1v) is 7.91. The number of carboxylic acid groups (broad SMARTS) is 2. The Morgan fingerprint density at radius 3 is 2.27 bits per heavy atom. The molecule has 0 aliphatic heterocycles. The fraction of sp³-hybridized carbons (Fsp3) is 0.444. The summed E-state index contributed by atoms with van der Waals surface area (Å²) in [5.41, 5.74) is 1.16. The Morgan fingerprint density at radius 1 is 1.12 bits per heavy atom. The first kappa shape index (κ1) is 23.4. The molecule has 1 aromatic rings. The molecule has 0 saturated heterocycles. The molecule has 0 spiro atoms. The number of benzene rings is 1. The van der Waals surface area contributed by atoms with Crippen LogP contribution in [-0.2, 0) is 20.7 Å². The first-order valence-electron chi connectivity index (χ1n) is 7.91. The quantitative estimate of drug-likeness (QED) is 0.363. The highest BCUT2D eigenvalue weighted by Crippen LogP contribution is 2.28. The number of carbonyl (C=O) groups is 2. The van der Waals surface area contributed by atoms with Gasteiger partial charge in [-0.2, -0.15) is 0 Å². The molecule has 0 unspecified atom stereocenters. The van der Waals surface area contributed by atoms with Gasteiger partial charge in [-0.05, 0) is 38.2 Å². The zero-order valence-corrected chi connectivity index (χ0v) is 15.4. The van der Waals surface area contributed by atoms with Gasteiger partial charge < -0.3 is 29.3 Å². The van der Waals surface area contributed by atoms with E-state index in [-0.39, 0.29) is 0 Å². The maximum Gasteiger partial charge on any atom is 0.414 e. The van der Waals surface area contributed by atoms with E-state index >= 15 is 0 Å². The van der Waals surface area contributed by atoms with E-state index < -0.39 is 11.9 Å². The lowest BCUT2D eigenvalue weighted by atomic mass is 10.1. The van der Waals surface area contributed by atoms with E-state index in [4.69, 9.17) is 34.0 Å². The predicted octanol–water partition coefficient (Wildman–Crippen LogP) is 1.54. The predicted molar refractivity (Wildman–Crippen MR) is 97.0 cm³/mol. The number of hydrogen-bond acceptors (Lipinski definition) is 6. The summed E-state index contributed by atoms with van der Waals surface area (Å²) in [6.45, 7) is 6.46. The van der Waals surface area contributed by atoms with Gasteiger partial charge in [-0.1, -0.05) is 12.1 Å². The lowest BCUT2D eigenvalue weighted by Crippen LogP contribution is -2.19. The second kappa shape index (κ2) is 13.7. The minimum atomic E-state index is -1.82. The zero-order valence-electron chi connectivity index (χ0n) is 15.4. The maximum atomic E-state index is 9.10. The monoisotopic (exact) mass is 369 g/mol. The molecule has 1 rings (SSSR count). The third-order valence-electron chi connectivity index (χ3n) is 2.96. The van der Waals surface area contributed by atoms with Gasteiger partial charge in [-0.15, -0.1) is 6.58 Å². The second-order valence-corrected chi connectivity index (χ2v) is 5.35. The van der Waals surface area contributed by atoms with Crippen molar-refractivity contribution in [2.24, 2.45) is 0 Å². The van der Waals surface area contributed by atoms with Crippen LogP contribution in [0.3, 0.4) is 0 Å². The summed E-state index contributed by atoms with van der Waals surface area (Å²) in [7, 11) is 5.69. The lowest BCUT2D eigenvalue weighted by molar-refractivity contribution is -0.159. The van der Waals surface area contributed by atoms with E-state index in [1.807, 2.05) is 38.4 Å². The van der Waals surface area contributed by atoms with Crippen molar-refractivity contribution in [2.45, 2.75) is 6.42 Å². The van der Waals surface area contributed by atoms with Crippen molar-refractivity contribution in [2.75, 3.05) is 47.6 Å². The summed E-state index contributed by atoms with van der Waals surface area (Å²) in [5.74, 6) is -2.15. The molecule has 0 amide bonds. The minimum absolute atomic E-state index is 0.518. The smallest absolute Gasteiger partial charge is 0.414 e. The van der Waals surface area contributed by atoms with Crippen molar-refractivity contribution in [1.29, 1.82) is 0 Å². The van der Waals surface area contributed by atoms with Gasteiger partial charge in [0.2, 0.25) is 0 Å². The van der Waals surface area contributed by atoms with Crippen LogP contribution < -0.4 is 9.47 Å². The molecule has 0 radical (unpaired) electrons. The number of ether oxygens (including phenoxy) is 3. The van der Waals surface area contributed by atoms with Gasteiger partial charge in [0.1, 0.15) is 6.61 Å². The van der Waals surface area contributed by atoms with Crippen LogP contribution in [0.2, 0.25) is 0 Å². The van der Waals surface area contributed by atoms with Crippen LogP contribution >= 0.6 is 0 Å². The van der Waals surface area contributed by atoms with Crippen LogP contribution in [0.1, 0.15) is 5.56 Å². The van der Waals surface area contributed by atoms with Gasteiger partial charge in [0.25, 0.3) is 0 Å². The van der Waals surface area contributed by atoms with Crippen molar-refractivity contribution < 1.29 is 34.0 Å². The topological polar surface area (TPSA) is 106 Å². The summed E-state index contributed by atoms with van der Waals surface area (Å²) in [6, 6.07) is 5.92. The Balaban J connectivity index is 0.000000896. The molecule has 146 valence electrons. The summed E-state index contributed by atoms with van der Waals surface area (Å²) in [4.78, 5) is 20.3. The van der Waals surface area contributed by atoms with Crippen LogP contribution in [0, 0.1) is 0 Å². The summed E-state index contributed by atoms with van der Waals surface area (Å²) in [5, 5.41) is 14.8. The number of allylic oxidation sites excluding steroid dienone is 1. The van der Waals surface area contributed by atoms with E-state index in [0.717, 1.165) is 30.0 Å². The molecular formula is C18H27NO7. The second-order valence-electron chi connectivity index (χ2n) is 5.35. The highest BCUT2D eigenvalue weighted by molar-refractivity contribution is 6.27. The van der Waals surface area contributed by atoms with Crippen LogP contribution in [0.4, 0.5) is 0 Å². The number of carboxylic acids is 2. The number of nitrogens with zero attached hydrogens (tertiary/aromatic N) is 1. The summed E-state index contributed by atoms with van der Waals surface area (Å²) in [6.07, 6.45) is 2.69. The van der Waals surface area contributed by atoms with E-state index in [9.17, 15) is 0 Å². The Morgan fingerprint density at radius 2 is 1.77 bits per heavy atom. The van der Waals surface area contributed by atoms with E-state index in [1.54, 1.807) is 7.11 Å². The Labute approximate surface area is 153 Å². The van der Waals surface area contributed by atoms with E-state index in [2.05, 4.69) is 11.5 Å². The van der Waals surface area contributed by atoms with Crippen molar-refractivity contribution in [3.63, 3.8) is 0 Å². The normalized spacial score (nSPS) is 9.85. The maximum absolute atomic E-state index is 9.10. The Hall–Kier alpha value is -2.58. The number of likely N-dealkylation sites (N-methyl/N-ethyl adjacent to an activating group) is 1. The molecule has 0 saturated carbocycles. The molecule has 2 N–H and O–H groups in total. The highest BCUT2D eigenvalue weighted by Gasteiger charge is 2.05. The van der Waals surface area contributed by atoms with Gasteiger partial charge >= 0.3 is 11.9 Å². The van der Waals surface area contributed by atoms with Crippen LogP contribution in [0.15, 0.2) is 30.9 Å². The molecule has 26 heavy (non-hydrogen) atoms. The number of aliphatic carboxylic acids is 2. The minimum Gasteiger partial charge on any atom is -0.493 e. The van der Waals surface area contributed by atoms with Gasteiger partial charge in [0, 0.05) is 6.54 Å². The summed E-state index contributed by atoms with van der Waals surface area (Å²) >= 11 is 0. The van der Waals surface area contributed by atoms with Crippen molar-refractivity contribution in [3.05, 3.63) is 36.4 Å². The molecule has 0 aromatic heterocycles. The third-order valence-corrected chi connectivity index (χ3v) is 2.96. The molecule has 8 nitrogen and oxygen atoms in total. The van der Waals surface area contributed by atoms with E-state index in [0.29, 0.717) is 19.8 Å². The number of hydrogen-bond donors (Lipinski definition) is 2. The lowest BCUT2D eigenvalue weighted by Gasteiger charge is -2.13. The molecule has 0 heterocycles. The number of rotatable bonds is 10. The standard InChI is InChI=1S/C16H25NO3.C2H2O4/c1-5-6-14-7-8-15(16(13-14)18-4)20-12-11-19-10-9-17(2)3;3-1(4)2(5)6/h5,7-8,13H,1,6,9-12H2,2-4H3;(H,3,4)(H,5,6). The average Bonchev–Trinajstić information content (AvgIpc) is 2.59. The summed E-state index contributed by atoms with van der Waals surface area (Å²) < 4.78 is 16.5. The molecule has 0 atom stereocenters. The molecule has 8 heteroatoms. The molecule has 0 fully saturated rings. The zero-order chi connectivity index (χ0) is 19.9. The van der Waals surface area contributed by atoms with Gasteiger partial charge in [0.15, 0.2) is 11.5 Å². The molecule has 0 aliphatic rings. The molecule has 0 aliphatic carbocycles. The first-order chi connectivity index (χ1) is 12.3. The fourth-order valence-corrected chi connectivity index (χ4v) is 1.68. The van der Waals surface area contributed by atoms with Gasteiger partial charge in [-0.3, -0.25) is 0 Å².